The Labute approximate surface area is 196 Å². The van der Waals surface area contributed by atoms with E-state index in [-0.39, 0.29) is 47.6 Å². The Morgan fingerprint density at radius 2 is 1.88 bits per heavy atom. The summed E-state index contributed by atoms with van der Waals surface area (Å²) in [5.74, 6) is -1.59. The highest BCUT2D eigenvalue weighted by Gasteiger charge is 2.72. The van der Waals surface area contributed by atoms with E-state index in [9.17, 15) is 24.3 Å². The van der Waals surface area contributed by atoms with Crippen LogP contribution in [-0.2, 0) is 28.7 Å². The number of aldehydes is 1. The number of carboxylic acid groups (broad SMARTS) is 1. The van der Waals surface area contributed by atoms with Crippen LogP contribution in [0.1, 0.15) is 73.1 Å². The quantitative estimate of drug-likeness (QED) is 0.224. The normalized spacial score (nSPS) is 37.2. The summed E-state index contributed by atoms with van der Waals surface area (Å²) in [6, 6.07) is 0. The molecule has 0 aromatic carbocycles. The van der Waals surface area contributed by atoms with Gasteiger partial charge in [-0.1, -0.05) is 32.4 Å². The lowest BCUT2D eigenvalue weighted by molar-refractivity contribution is -0.160. The first kappa shape index (κ1) is 25.4. The van der Waals surface area contributed by atoms with Gasteiger partial charge in [-0.3, -0.25) is 14.4 Å². The lowest BCUT2D eigenvalue weighted by Crippen LogP contribution is -2.53. The van der Waals surface area contributed by atoms with Crippen LogP contribution in [0.4, 0.5) is 0 Å². The van der Waals surface area contributed by atoms with Crippen LogP contribution < -0.4 is 0 Å². The fourth-order valence-corrected chi connectivity index (χ4v) is 7.37. The lowest BCUT2D eigenvalue weighted by atomic mass is 9.52. The average Bonchev–Trinajstić information content (AvgIpc) is 3.37. The van der Waals surface area contributed by atoms with E-state index >= 15 is 0 Å². The van der Waals surface area contributed by atoms with E-state index in [0.717, 1.165) is 24.7 Å². The first-order chi connectivity index (χ1) is 15.5. The molecule has 0 aromatic heterocycles. The van der Waals surface area contributed by atoms with E-state index in [0.29, 0.717) is 32.3 Å². The summed E-state index contributed by atoms with van der Waals surface area (Å²) in [6.07, 6.45) is 6.46. The number of allylic oxidation sites excluding steroid dienone is 1. The van der Waals surface area contributed by atoms with Gasteiger partial charge in [0, 0.05) is 19.3 Å². The van der Waals surface area contributed by atoms with Gasteiger partial charge in [-0.2, -0.15) is 0 Å². The molecule has 3 rings (SSSR count). The average molecular weight is 463 g/mol. The Kier molecular flexibility index (Phi) is 7.39. The van der Waals surface area contributed by atoms with Crippen molar-refractivity contribution in [1.82, 2.24) is 0 Å². The largest absolute Gasteiger partial charge is 0.481 e. The zero-order chi connectivity index (χ0) is 24.6. The van der Waals surface area contributed by atoms with E-state index in [4.69, 9.17) is 9.47 Å². The van der Waals surface area contributed by atoms with Crippen molar-refractivity contribution in [3.63, 3.8) is 0 Å². The standard InChI is InChI=1S/C26H38O7/c1-15(2)21-10-19-12-25(14-27,26(21,13-19)24(30)31)22-11-23(33-18(5)29)16(3)20(22)8-6-7-9-32-17(4)28/h10,14-16,19-20,22-23H,6-9,11-13H2,1-5H3,(H,30,31)/t16?,19?,20?,22?,23?,25-,26+/m0/s1. The van der Waals surface area contributed by atoms with E-state index in [1.165, 1.54) is 13.8 Å². The molecule has 0 amide bonds. The molecule has 0 aromatic rings. The molecule has 0 heterocycles. The van der Waals surface area contributed by atoms with Crippen LogP contribution in [0.3, 0.4) is 0 Å². The van der Waals surface area contributed by atoms with Gasteiger partial charge in [0.15, 0.2) is 0 Å². The number of hydrogen-bond acceptors (Lipinski definition) is 6. The summed E-state index contributed by atoms with van der Waals surface area (Å²) in [5.41, 5.74) is -1.34. The number of aliphatic carboxylic acids is 1. The molecule has 7 heteroatoms. The van der Waals surface area contributed by atoms with E-state index in [2.05, 4.69) is 6.08 Å². The first-order valence-corrected chi connectivity index (χ1v) is 12.2. The number of esters is 2. The number of ether oxygens (including phenoxy) is 2. The van der Waals surface area contributed by atoms with E-state index in [1.54, 1.807) is 0 Å². The van der Waals surface area contributed by atoms with Crippen molar-refractivity contribution in [3.8, 4) is 0 Å². The minimum Gasteiger partial charge on any atom is -0.481 e. The Balaban J connectivity index is 1.95. The lowest BCUT2D eigenvalue weighted by Gasteiger charge is -2.48. The number of carboxylic acids is 1. The van der Waals surface area contributed by atoms with Gasteiger partial charge in [-0.15, -0.1) is 0 Å². The highest BCUT2D eigenvalue weighted by Crippen LogP contribution is 2.70. The maximum Gasteiger partial charge on any atom is 0.314 e. The van der Waals surface area contributed by atoms with Crippen molar-refractivity contribution in [2.24, 2.45) is 40.4 Å². The Hall–Kier alpha value is -2.18. The Bertz CT molecular complexity index is 830. The van der Waals surface area contributed by atoms with Crippen molar-refractivity contribution in [2.75, 3.05) is 6.61 Å². The van der Waals surface area contributed by atoms with Gasteiger partial charge < -0.3 is 19.4 Å². The second-order valence-electron chi connectivity index (χ2n) is 10.7. The van der Waals surface area contributed by atoms with Crippen LogP contribution in [0.15, 0.2) is 11.6 Å². The monoisotopic (exact) mass is 462 g/mol. The number of carbonyl (C=O) groups excluding carboxylic acids is 3. The molecule has 0 radical (unpaired) electrons. The zero-order valence-electron chi connectivity index (χ0n) is 20.5. The molecule has 0 aliphatic heterocycles. The predicted molar refractivity (Wildman–Crippen MR) is 121 cm³/mol. The van der Waals surface area contributed by atoms with Crippen molar-refractivity contribution in [2.45, 2.75) is 79.2 Å². The minimum atomic E-state index is -1.20. The third-order valence-corrected chi connectivity index (χ3v) is 8.55. The molecule has 0 saturated heterocycles. The smallest absolute Gasteiger partial charge is 0.314 e. The van der Waals surface area contributed by atoms with Crippen LogP contribution in [0.25, 0.3) is 0 Å². The second kappa shape index (κ2) is 9.59. The molecule has 5 unspecified atom stereocenters. The van der Waals surface area contributed by atoms with Crippen LogP contribution in [0.2, 0.25) is 0 Å². The summed E-state index contributed by atoms with van der Waals surface area (Å²) in [5, 5.41) is 10.6. The molecule has 2 bridgehead atoms. The first-order valence-electron chi connectivity index (χ1n) is 12.2. The summed E-state index contributed by atoms with van der Waals surface area (Å²) < 4.78 is 10.7. The fourth-order valence-electron chi connectivity index (χ4n) is 7.37. The molecule has 184 valence electrons. The number of rotatable bonds is 10. The van der Waals surface area contributed by atoms with Gasteiger partial charge in [0.2, 0.25) is 0 Å². The Morgan fingerprint density at radius 1 is 1.18 bits per heavy atom. The number of unbranched alkanes of at least 4 members (excludes halogenated alkanes) is 1. The zero-order valence-corrected chi connectivity index (χ0v) is 20.5. The summed E-state index contributed by atoms with van der Waals surface area (Å²) in [6.45, 7) is 9.15. The highest BCUT2D eigenvalue weighted by atomic mass is 16.5. The summed E-state index contributed by atoms with van der Waals surface area (Å²) >= 11 is 0. The van der Waals surface area contributed by atoms with Crippen molar-refractivity contribution in [3.05, 3.63) is 11.6 Å². The molecule has 2 saturated carbocycles. The van der Waals surface area contributed by atoms with Crippen LogP contribution in [0.5, 0.6) is 0 Å². The number of hydrogen-bond donors (Lipinski definition) is 1. The summed E-state index contributed by atoms with van der Waals surface area (Å²) in [7, 11) is 0. The van der Waals surface area contributed by atoms with Gasteiger partial charge >= 0.3 is 17.9 Å². The van der Waals surface area contributed by atoms with Gasteiger partial charge in [-0.05, 0) is 68.1 Å². The molecule has 2 fully saturated rings. The maximum atomic E-state index is 13.0. The molecular formula is C26H38O7. The number of carbonyl (C=O) groups is 4. The predicted octanol–water partition coefficient (Wildman–Crippen LogP) is 4.19. The number of fused-ring (bicyclic) bond motifs is 2. The minimum absolute atomic E-state index is 0.0147. The Morgan fingerprint density at radius 3 is 2.42 bits per heavy atom. The third-order valence-electron chi connectivity index (χ3n) is 8.55. The van der Waals surface area contributed by atoms with Crippen LogP contribution in [0, 0.1) is 40.4 Å². The van der Waals surface area contributed by atoms with Gasteiger partial charge in [0.1, 0.15) is 17.8 Å². The maximum absolute atomic E-state index is 13.0. The SMILES string of the molecule is CC(=O)OCCCCC1C(C)C(OC(C)=O)CC1[C@@]1(C=O)CC2C=C(C(C)C)[C@@]1(C(=O)O)C2. The van der Waals surface area contributed by atoms with E-state index < -0.39 is 16.8 Å². The third kappa shape index (κ3) is 4.24. The molecule has 3 aliphatic rings. The van der Waals surface area contributed by atoms with Crippen molar-refractivity contribution >= 4 is 24.2 Å². The summed E-state index contributed by atoms with van der Waals surface area (Å²) in [4.78, 5) is 48.7. The van der Waals surface area contributed by atoms with Gasteiger partial charge in [0.05, 0.1) is 6.61 Å². The van der Waals surface area contributed by atoms with Crippen molar-refractivity contribution in [1.29, 1.82) is 0 Å². The molecular weight excluding hydrogens is 424 g/mol. The van der Waals surface area contributed by atoms with E-state index in [1.807, 2.05) is 20.8 Å². The molecule has 33 heavy (non-hydrogen) atoms. The molecule has 7 atom stereocenters. The molecule has 1 N–H and O–H groups in total. The molecule has 0 spiro atoms. The molecule has 3 aliphatic carbocycles. The van der Waals surface area contributed by atoms with Gasteiger partial charge in [-0.25, -0.2) is 0 Å². The molecule has 7 nitrogen and oxygen atoms in total. The topological polar surface area (TPSA) is 107 Å². The van der Waals surface area contributed by atoms with Gasteiger partial charge in [0.25, 0.3) is 0 Å². The van der Waals surface area contributed by atoms with Crippen LogP contribution >= 0.6 is 0 Å². The highest BCUT2D eigenvalue weighted by molar-refractivity contribution is 5.88. The van der Waals surface area contributed by atoms with Crippen LogP contribution in [-0.4, -0.2) is 42.0 Å². The van der Waals surface area contributed by atoms with Crippen molar-refractivity contribution < 1.29 is 33.8 Å². The second-order valence-corrected chi connectivity index (χ2v) is 10.7. The fraction of sp³-hybridized carbons (Fsp3) is 0.769.